The van der Waals surface area contributed by atoms with Crippen molar-refractivity contribution in [3.05, 3.63) is 57.8 Å². The van der Waals surface area contributed by atoms with Crippen LogP contribution in [0.1, 0.15) is 28.8 Å². The lowest BCUT2D eigenvalue weighted by molar-refractivity contribution is 0.00821. The summed E-state index contributed by atoms with van der Waals surface area (Å²) in [6.45, 7) is 5.94. The van der Waals surface area contributed by atoms with Gasteiger partial charge in [0.25, 0.3) is 0 Å². The van der Waals surface area contributed by atoms with E-state index in [-0.39, 0.29) is 6.61 Å². The van der Waals surface area contributed by atoms with Crippen LogP contribution in [0.2, 0.25) is 0 Å². The van der Waals surface area contributed by atoms with E-state index in [9.17, 15) is 5.11 Å². The number of piperazine rings is 1. The number of oxime groups is 1. The minimum absolute atomic E-state index is 0.257. The number of aliphatic hydroxyl groups excluding tert-OH is 1. The molecule has 2 aliphatic rings. The van der Waals surface area contributed by atoms with Gasteiger partial charge in [-0.15, -0.1) is 11.3 Å². The molecule has 0 bridgehead atoms. The van der Waals surface area contributed by atoms with E-state index in [1.807, 2.05) is 0 Å². The van der Waals surface area contributed by atoms with Crippen LogP contribution in [0, 0.1) is 0 Å². The molecule has 1 atom stereocenters. The highest BCUT2D eigenvalue weighted by atomic mass is 32.1. The van der Waals surface area contributed by atoms with Gasteiger partial charge in [-0.3, -0.25) is 9.80 Å². The van der Waals surface area contributed by atoms with Crippen molar-refractivity contribution in [3.63, 3.8) is 0 Å². The van der Waals surface area contributed by atoms with Crippen molar-refractivity contribution < 1.29 is 9.94 Å². The molecular weight excluding hydrogens is 370 g/mol. The Balaban J connectivity index is 1.17. The van der Waals surface area contributed by atoms with Gasteiger partial charge in [-0.05, 0) is 36.3 Å². The fraction of sp³-hybridized carbons (Fsp3) is 0.500. The highest BCUT2D eigenvalue weighted by Crippen LogP contribution is 2.26. The van der Waals surface area contributed by atoms with E-state index >= 15 is 0 Å². The first-order valence-corrected chi connectivity index (χ1v) is 11.1. The Morgan fingerprint density at radius 1 is 1.04 bits per heavy atom. The van der Waals surface area contributed by atoms with Crippen molar-refractivity contribution in [2.24, 2.45) is 5.16 Å². The molecule has 0 spiro atoms. The Bertz CT molecular complexity index is 769. The maximum absolute atomic E-state index is 10.3. The Labute approximate surface area is 171 Å². The number of β-amino-alcohol motifs (C(OH)–C–C–N with tert-alkyl or cyclic N) is 1. The van der Waals surface area contributed by atoms with Gasteiger partial charge in [0.15, 0.2) is 0 Å². The molecule has 1 aromatic heterocycles. The molecule has 6 heteroatoms. The first-order valence-electron chi connectivity index (χ1n) is 10.2. The Hall–Kier alpha value is -1.73. The first kappa shape index (κ1) is 19.6. The predicted octanol–water partition coefficient (Wildman–Crippen LogP) is 2.98. The zero-order valence-corrected chi connectivity index (χ0v) is 17.1. The Kier molecular flexibility index (Phi) is 6.75. The van der Waals surface area contributed by atoms with Crippen LogP contribution < -0.4 is 0 Å². The lowest BCUT2D eigenvalue weighted by Crippen LogP contribution is -2.48. The molecule has 1 unspecified atom stereocenters. The molecule has 1 saturated heterocycles. The molecule has 1 fully saturated rings. The molecule has 0 amide bonds. The molecule has 1 aromatic carbocycles. The van der Waals surface area contributed by atoms with E-state index in [0.29, 0.717) is 6.54 Å². The Morgan fingerprint density at radius 3 is 2.64 bits per heavy atom. The first-order chi connectivity index (χ1) is 13.8. The maximum atomic E-state index is 10.3. The van der Waals surface area contributed by atoms with Crippen LogP contribution in [0.5, 0.6) is 0 Å². The molecule has 5 nitrogen and oxygen atoms in total. The summed E-state index contributed by atoms with van der Waals surface area (Å²) in [6, 6.07) is 12.7. The predicted molar refractivity (Wildman–Crippen MR) is 114 cm³/mol. The molecule has 2 aromatic rings. The molecule has 1 aliphatic carbocycles. The van der Waals surface area contributed by atoms with Gasteiger partial charge in [-0.25, -0.2) is 0 Å². The van der Waals surface area contributed by atoms with Crippen molar-refractivity contribution in [1.29, 1.82) is 0 Å². The van der Waals surface area contributed by atoms with Gasteiger partial charge >= 0.3 is 0 Å². The second-order valence-corrected chi connectivity index (χ2v) is 8.66. The highest BCUT2D eigenvalue weighted by Gasteiger charge is 2.20. The van der Waals surface area contributed by atoms with Gasteiger partial charge in [0.2, 0.25) is 0 Å². The lowest BCUT2D eigenvalue weighted by atomic mass is 9.97. The molecule has 4 rings (SSSR count). The van der Waals surface area contributed by atoms with E-state index in [2.05, 4.69) is 56.7 Å². The third-order valence-corrected chi connectivity index (χ3v) is 6.48. The largest absolute Gasteiger partial charge is 0.393 e. The third-order valence-electron chi connectivity index (χ3n) is 5.50. The fourth-order valence-electron chi connectivity index (χ4n) is 3.96. The Morgan fingerprint density at radius 2 is 1.82 bits per heavy atom. The number of nitrogens with zero attached hydrogens (tertiary/aromatic N) is 3. The number of aryl methyl sites for hydroxylation is 1. The lowest BCUT2D eigenvalue weighted by Gasteiger charge is -2.35. The number of benzene rings is 1. The number of hydrogen-bond acceptors (Lipinski definition) is 6. The number of aliphatic hydroxyl groups is 1. The van der Waals surface area contributed by atoms with Crippen LogP contribution in [0.4, 0.5) is 0 Å². The van der Waals surface area contributed by atoms with Gasteiger partial charge in [0.1, 0.15) is 12.7 Å². The highest BCUT2D eigenvalue weighted by molar-refractivity contribution is 7.10. The zero-order chi connectivity index (χ0) is 19.2. The van der Waals surface area contributed by atoms with Crippen molar-refractivity contribution in [2.45, 2.75) is 31.9 Å². The van der Waals surface area contributed by atoms with Crippen LogP contribution in [0.15, 0.2) is 46.9 Å². The van der Waals surface area contributed by atoms with Crippen LogP contribution in [-0.4, -0.2) is 66.1 Å². The number of rotatable bonds is 7. The van der Waals surface area contributed by atoms with E-state index in [4.69, 9.17) is 4.84 Å². The summed E-state index contributed by atoms with van der Waals surface area (Å²) >= 11 is 1.80. The number of thiophene rings is 1. The average molecular weight is 400 g/mol. The van der Waals surface area contributed by atoms with Crippen molar-refractivity contribution in [3.8, 4) is 0 Å². The number of fused-ring (bicyclic) bond motifs is 1. The summed E-state index contributed by atoms with van der Waals surface area (Å²) in [5, 5.41) is 16.8. The monoisotopic (exact) mass is 399 g/mol. The summed E-state index contributed by atoms with van der Waals surface area (Å²) in [6.07, 6.45) is 2.73. The summed E-state index contributed by atoms with van der Waals surface area (Å²) in [5.74, 6) is 0. The van der Waals surface area contributed by atoms with Gasteiger partial charge in [-0.1, -0.05) is 35.5 Å². The van der Waals surface area contributed by atoms with Crippen LogP contribution in [0.25, 0.3) is 0 Å². The van der Waals surface area contributed by atoms with Gasteiger partial charge in [-0.2, -0.15) is 0 Å². The SMILES string of the molecule is OC(CON=C1CCCc2sccc21)CN1CCN(Cc2ccccc2)CC1. The summed E-state index contributed by atoms with van der Waals surface area (Å²) < 4.78 is 0. The van der Waals surface area contributed by atoms with Crippen molar-refractivity contribution >= 4 is 17.0 Å². The van der Waals surface area contributed by atoms with Gasteiger partial charge in [0.05, 0.1) is 5.71 Å². The van der Waals surface area contributed by atoms with Crippen molar-refractivity contribution in [2.75, 3.05) is 39.3 Å². The maximum Gasteiger partial charge on any atom is 0.144 e. The third kappa shape index (κ3) is 5.20. The molecule has 1 aliphatic heterocycles. The van der Waals surface area contributed by atoms with E-state index in [1.165, 1.54) is 16.0 Å². The van der Waals surface area contributed by atoms with Crippen LogP contribution >= 0.6 is 11.3 Å². The quantitative estimate of drug-likeness (QED) is 0.727. The van der Waals surface area contributed by atoms with Crippen molar-refractivity contribution in [1.82, 2.24) is 9.80 Å². The standard InChI is InChI=1S/C22H29N3O2S/c26-19(17-27-23-21-7-4-8-22-20(21)9-14-28-22)16-25-12-10-24(11-13-25)15-18-5-2-1-3-6-18/h1-3,5-6,9,14,19,26H,4,7-8,10-13,15-17H2. The molecule has 1 N–H and O–H groups in total. The summed E-state index contributed by atoms with van der Waals surface area (Å²) in [5.41, 5.74) is 3.63. The minimum atomic E-state index is -0.504. The van der Waals surface area contributed by atoms with E-state index < -0.39 is 6.10 Å². The summed E-state index contributed by atoms with van der Waals surface area (Å²) in [7, 11) is 0. The second-order valence-electron chi connectivity index (χ2n) is 7.66. The number of hydrogen-bond donors (Lipinski definition) is 1. The summed E-state index contributed by atoms with van der Waals surface area (Å²) in [4.78, 5) is 11.7. The topological polar surface area (TPSA) is 48.3 Å². The van der Waals surface area contributed by atoms with E-state index in [1.54, 1.807) is 11.3 Å². The normalized spacial score (nSPS) is 20.8. The zero-order valence-electron chi connectivity index (χ0n) is 16.3. The molecule has 2 heterocycles. The molecule has 150 valence electrons. The fourth-order valence-corrected chi connectivity index (χ4v) is 4.90. The minimum Gasteiger partial charge on any atom is -0.393 e. The molecular formula is C22H29N3O2S. The van der Waals surface area contributed by atoms with Gasteiger partial charge < -0.3 is 9.94 Å². The average Bonchev–Trinajstić information content (AvgIpc) is 3.20. The van der Waals surface area contributed by atoms with Crippen LogP contribution in [-0.2, 0) is 17.8 Å². The molecule has 0 saturated carbocycles. The van der Waals surface area contributed by atoms with E-state index in [0.717, 1.165) is 57.7 Å². The molecule has 0 radical (unpaired) electrons. The van der Waals surface area contributed by atoms with Gasteiger partial charge in [0, 0.05) is 49.7 Å². The second kappa shape index (κ2) is 9.65. The molecule has 28 heavy (non-hydrogen) atoms. The smallest absolute Gasteiger partial charge is 0.144 e. The van der Waals surface area contributed by atoms with Crippen LogP contribution in [0.3, 0.4) is 0 Å².